The van der Waals surface area contributed by atoms with E-state index in [1.807, 2.05) is 45.0 Å². The Bertz CT molecular complexity index is 964. The number of amides is 1. The normalized spacial score (nSPS) is 22.6. The average Bonchev–Trinajstić information content (AvgIpc) is 3.12. The summed E-state index contributed by atoms with van der Waals surface area (Å²) in [5.41, 5.74) is 1.06. The zero-order valence-electron chi connectivity index (χ0n) is 17.6. The predicted molar refractivity (Wildman–Crippen MR) is 115 cm³/mol. The van der Waals surface area contributed by atoms with Crippen LogP contribution in [0.25, 0.3) is 11.3 Å². The maximum atomic E-state index is 12.9. The molecule has 2 unspecified atom stereocenters. The molecule has 7 nitrogen and oxygen atoms in total. The van der Waals surface area contributed by atoms with Gasteiger partial charge in [-0.3, -0.25) is 4.90 Å². The second kappa shape index (κ2) is 7.72. The van der Waals surface area contributed by atoms with Crippen molar-refractivity contribution in [3.05, 3.63) is 40.3 Å². The third-order valence-electron chi connectivity index (χ3n) is 5.34. The highest BCUT2D eigenvalue weighted by atomic mass is 79.9. The molecule has 4 rings (SSSR count). The van der Waals surface area contributed by atoms with Gasteiger partial charge < -0.3 is 14.5 Å². The number of carbonyl (C=O) groups excluding carboxylic acids is 2. The standard InChI is InChI=1S/C22H26BrN3O4/c1-5-29-20(27)18-17(12-6-8-14(23)9-7-12)24-19(25-18)16-11-13-10-15(13)26(16)21(28)30-22(2,3)4/h6-9,13,15-16H,5,10-11H2,1-4H3,(H,24,25)/t13?,15?,16-/m0/s1. The largest absolute Gasteiger partial charge is 0.461 e. The van der Waals surface area contributed by atoms with Crippen LogP contribution in [-0.2, 0) is 9.47 Å². The van der Waals surface area contributed by atoms with Gasteiger partial charge in [-0.2, -0.15) is 0 Å². The highest BCUT2D eigenvalue weighted by Gasteiger charge is 2.56. The highest BCUT2D eigenvalue weighted by molar-refractivity contribution is 9.10. The smallest absolute Gasteiger partial charge is 0.411 e. The third kappa shape index (κ3) is 4.10. The minimum absolute atomic E-state index is 0.178. The number of aromatic amines is 1. The Hall–Kier alpha value is -2.35. The summed E-state index contributed by atoms with van der Waals surface area (Å²) in [5.74, 6) is 0.588. The number of imidazole rings is 1. The lowest BCUT2D eigenvalue weighted by Crippen LogP contribution is -2.38. The zero-order valence-corrected chi connectivity index (χ0v) is 19.2. The third-order valence-corrected chi connectivity index (χ3v) is 5.87. The molecule has 2 fully saturated rings. The van der Waals surface area contributed by atoms with Crippen LogP contribution in [0.2, 0.25) is 0 Å². The molecule has 1 amide bonds. The molecule has 3 atom stereocenters. The Morgan fingerprint density at radius 1 is 1.23 bits per heavy atom. The SMILES string of the molecule is CCOC(=O)c1[nH]c([C@@H]2CC3CC3N2C(=O)OC(C)(C)C)nc1-c1ccc(Br)cc1. The highest BCUT2D eigenvalue weighted by Crippen LogP contribution is 2.53. The summed E-state index contributed by atoms with van der Waals surface area (Å²) < 4.78 is 11.8. The molecule has 2 aliphatic rings. The van der Waals surface area contributed by atoms with Crippen molar-refractivity contribution in [2.45, 2.75) is 58.2 Å². The first-order valence-corrected chi connectivity index (χ1v) is 11.0. The number of ether oxygens (including phenoxy) is 2. The topological polar surface area (TPSA) is 84.5 Å². The molecule has 30 heavy (non-hydrogen) atoms. The summed E-state index contributed by atoms with van der Waals surface area (Å²) in [6, 6.07) is 7.51. The van der Waals surface area contributed by atoms with Crippen LogP contribution in [0.15, 0.2) is 28.7 Å². The Labute approximate surface area is 184 Å². The van der Waals surface area contributed by atoms with Crippen molar-refractivity contribution in [2.24, 2.45) is 5.92 Å². The number of aromatic nitrogens is 2. The van der Waals surface area contributed by atoms with Crippen LogP contribution >= 0.6 is 15.9 Å². The molecule has 0 spiro atoms. The number of halogens is 1. The fourth-order valence-electron chi connectivity index (χ4n) is 3.99. The van der Waals surface area contributed by atoms with Gasteiger partial charge in [0.25, 0.3) is 0 Å². The van der Waals surface area contributed by atoms with E-state index in [1.165, 1.54) is 0 Å². The number of carbonyl (C=O) groups is 2. The van der Waals surface area contributed by atoms with E-state index in [-0.39, 0.29) is 24.8 Å². The van der Waals surface area contributed by atoms with Crippen molar-refractivity contribution in [1.82, 2.24) is 14.9 Å². The minimum atomic E-state index is -0.573. The van der Waals surface area contributed by atoms with Gasteiger partial charge in [-0.15, -0.1) is 0 Å². The van der Waals surface area contributed by atoms with Gasteiger partial charge in [0, 0.05) is 16.1 Å². The van der Waals surface area contributed by atoms with Crippen LogP contribution < -0.4 is 0 Å². The van der Waals surface area contributed by atoms with Gasteiger partial charge in [0.2, 0.25) is 0 Å². The number of rotatable bonds is 4. The Morgan fingerprint density at radius 2 is 1.93 bits per heavy atom. The van der Waals surface area contributed by atoms with Crippen LogP contribution in [0.5, 0.6) is 0 Å². The fraction of sp³-hybridized carbons (Fsp3) is 0.500. The van der Waals surface area contributed by atoms with Gasteiger partial charge in [-0.05, 0) is 58.6 Å². The van der Waals surface area contributed by atoms with Crippen molar-refractivity contribution in [3.63, 3.8) is 0 Å². The number of likely N-dealkylation sites (tertiary alicyclic amines) is 1. The molecule has 2 heterocycles. The number of nitrogens with one attached hydrogen (secondary N) is 1. The first kappa shape index (κ1) is 20.9. The number of esters is 1. The van der Waals surface area contributed by atoms with Crippen molar-refractivity contribution in [1.29, 1.82) is 0 Å². The molecule has 0 radical (unpaired) electrons. The number of fused-ring (bicyclic) bond motifs is 1. The summed E-state index contributed by atoms with van der Waals surface area (Å²) in [7, 11) is 0. The monoisotopic (exact) mass is 475 g/mol. The first-order chi connectivity index (χ1) is 14.2. The maximum Gasteiger partial charge on any atom is 0.411 e. The number of H-pyrrole nitrogens is 1. The molecule has 1 aromatic carbocycles. The molecule has 2 aromatic rings. The van der Waals surface area contributed by atoms with Crippen LogP contribution in [0.3, 0.4) is 0 Å². The van der Waals surface area contributed by atoms with Crippen molar-refractivity contribution in [3.8, 4) is 11.3 Å². The molecule has 1 saturated heterocycles. The maximum absolute atomic E-state index is 12.9. The summed E-state index contributed by atoms with van der Waals surface area (Å²) in [6.45, 7) is 7.61. The van der Waals surface area contributed by atoms with Crippen LogP contribution in [0, 0.1) is 5.92 Å². The lowest BCUT2D eigenvalue weighted by molar-refractivity contribution is 0.0175. The Kier molecular flexibility index (Phi) is 5.38. The van der Waals surface area contributed by atoms with Crippen molar-refractivity contribution < 1.29 is 19.1 Å². The number of nitrogens with zero attached hydrogens (tertiary/aromatic N) is 2. The van der Waals surface area contributed by atoms with E-state index >= 15 is 0 Å². The molecule has 1 aliphatic carbocycles. The fourth-order valence-corrected chi connectivity index (χ4v) is 4.26. The van der Waals surface area contributed by atoms with E-state index in [2.05, 4.69) is 20.9 Å². The minimum Gasteiger partial charge on any atom is -0.461 e. The quantitative estimate of drug-likeness (QED) is 0.622. The molecular weight excluding hydrogens is 450 g/mol. The van der Waals surface area contributed by atoms with E-state index in [0.717, 1.165) is 22.9 Å². The van der Waals surface area contributed by atoms with Gasteiger partial charge in [0.15, 0.2) is 5.69 Å². The van der Waals surface area contributed by atoms with Crippen LogP contribution in [0.4, 0.5) is 4.79 Å². The summed E-state index contributed by atoms with van der Waals surface area (Å²) in [4.78, 5) is 35.2. The van der Waals surface area contributed by atoms with Crippen LogP contribution in [-0.4, -0.2) is 45.2 Å². The van der Waals surface area contributed by atoms with E-state index in [1.54, 1.807) is 11.8 Å². The van der Waals surface area contributed by atoms with E-state index in [9.17, 15) is 9.59 Å². The molecule has 1 N–H and O–H groups in total. The molecule has 1 saturated carbocycles. The second-order valence-corrected chi connectivity index (χ2v) is 9.69. The summed E-state index contributed by atoms with van der Waals surface area (Å²) >= 11 is 3.43. The van der Waals surface area contributed by atoms with Gasteiger partial charge in [0.05, 0.1) is 12.6 Å². The summed E-state index contributed by atoms with van der Waals surface area (Å²) in [5, 5.41) is 0. The van der Waals surface area contributed by atoms with E-state index < -0.39 is 11.6 Å². The van der Waals surface area contributed by atoms with Gasteiger partial charge >= 0.3 is 12.1 Å². The number of benzene rings is 1. The number of piperidine rings is 1. The molecular formula is C22H26BrN3O4. The van der Waals surface area contributed by atoms with E-state index in [0.29, 0.717) is 23.1 Å². The second-order valence-electron chi connectivity index (χ2n) is 8.78. The Morgan fingerprint density at radius 3 is 2.57 bits per heavy atom. The van der Waals surface area contributed by atoms with Gasteiger partial charge in [-0.1, -0.05) is 28.1 Å². The summed E-state index contributed by atoms with van der Waals surface area (Å²) in [6.07, 6.45) is 1.46. The molecule has 1 aromatic heterocycles. The number of hydrogen-bond donors (Lipinski definition) is 1. The lowest BCUT2D eigenvalue weighted by atomic mass is 10.1. The molecule has 0 bridgehead atoms. The number of hydrogen-bond acceptors (Lipinski definition) is 5. The first-order valence-electron chi connectivity index (χ1n) is 10.2. The van der Waals surface area contributed by atoms with Gasteiger partial charge in [-0.25, -0.2) is 14.6 Å². The molecule has 1 aliphatic heterocycles. The lowest BCUT2D eigenvalue weighted by Gasteiger charge is -2.29. The van der Waals surface area contributed by atoms with Gasteiger partial charge in [0.1, 0.15) is 17.1 Å². The van der Waals surface area contributed by atoms with Crippen molar-refractivity contribution >= 4 is 28.0 Å². The van der Waals surface area contributed by atoms with Crippen molar-refractivity contribution in [2.75, 3.05) is 6.61 Å². The van der Waals surface area contributed by atoms with E-state index in [4.69, 9.17) is 14.5 Å². The predicted octanol–water partition coefficient (Wildman–Crippen LogP) is 5.09. The Balaban J connectivity index is 1.70. The zero-order chi connectivity index (χ0) is 21.6. The average molecular weight is 476 g/mol. The molecule has 8 heteroatoms. The molecule has 160 valence electrons. The van der Waals surface area contributed by atoms with Crippen LogP contribution in [0.1, 0.15) is 62.9 Å².